The van der Waals surface area contributed by atoms with Crippen molar-refractivity contribution in [2.45, 2.75) is 236 Å². The zero-order chi connectivity index (χ0) is 40.0. The van der Waals surface area contributed by atoms with E-state index in [1.807, 2.05) is 6.08 Å². The molecule has 0 aromatic heterocycles. The number of aliphatic hydroxyl groups is 6. The Morgan fingerprint density at radius 3 is 1.41 bits per heavy atom. The van der Waals surface area contributed by atoms with Crippen molar-refractivity contribution >= 4 is 13.7 Å². The lowest BCUT2D eigenvalue weighted by atomic mass is 9.85. The van der Waals surface area contributed by atoms with Gasteiger partial charge >= 0.3 is 7.82 Å². The molecule has 12 nitrogen and oxygen atoms in total. The maximum absolute atomic E-state index is 12.9. The van der Waals surface area contributed by atoms with Gasteiger partial charge in [0.2, 0.25) is 5.91 Å². The standard InChI is InChI=1S/C41H80NO11P/c1-3-5-7-9-11-13-15-16-17-18-19-20-21-23-25-27-29-31-35(44)42-33(34(43)30-28-26-24-22-14-12-10-8-6-4-2)32-52-54(50,51)53-41-39(48)37(46)36(45)38(47)40(41)49/h28,30,33-34,36-41,43,45-49H,3-27,29,31-32H2,1-2H3,(H,42,44)(H,50,51)/b30-28+/t33-,34+,36?,37+,38?,39?,40?,41?/m0/s1. The van der Waals surface area contributed by atoms with Crippen molar-refractivity contribution in [2.75, 3.05) is 6.61 Å². The minimum Gasteiger partial charge on any atom is -0.387 e. The predicted molar refractivity (Wildman–Crippen MR) is 214 cm³/mol. The lowest BCUT2D eigenvalue weighted by molar-refractivity contribution is -0.220. The quantitative estimate of drug-likeness (QED) is 0.0182. The molecule has 13 heteroatoms. The molecule has 6 unspecified atom stereocenters. The summed E-state index contributed by atoms with van der Waals surface area (Å²) in [4.78, 5) is 23.3. The van der Waals surface area contributed by atoms with E-state index in [4.69, 9.17) is 9.05 Å². The van der Waals surface area contributed by atoms with Crippen molar-refractivity contribution in [3.63, 3.8) is 0 Å². The molecule has 0 radical (unpaired) electrons. The topological polar surface area (TPSA) is 206 Å². The zero-order valence-corrected chi connectivity index (χ0v) is 34.7. The van der Waals surface area contributed by atoms with Crippen LogP contribution in [0.15, 0.2) is 12.2 Å². The molecule has 1 fully saturated rings. The van der Waals surface area contributed by atoms with E-state index in [-0.39, 0.29) is 12.3 Å². The van der Waals surface area contributed by atoms with Crippen molar-refractivity contribution in [3.8, 4) is 0 Å². The molecule has 1 rings (SSSR count). The Bertz CT molecular complexity index is 973. The van der Waals surface area contributed by atoms with Gasteiger partial charge in [-0.15, -0.1) is 0 Å². The third-order valence-electron chi connectivity index (χ3n) is 10.6. The van der Waals surface area contributed by atoms with Crippen molar-refractivity contribution < 1.29 is 53.9 Å². The van der Waals surface area contributed by atoms with Gasteiger partial charge in [-0.3, -0.25) is 13.8 Å². The van der Waals surface area contributed by atoms with Crippen molar-refractivity contribution in [2.24, 2.45) is 0 Å². The Morgan fingerprint density at radius 1 is 0.611 bits per heavy atom. The summed E-state index contributed by atoms with van der Waals surface area (Å²) in [5.41, 5.74) is 0. The molecule has 1 amide bonds. The molecule has 0 heterocycles. The molecule has 0 saturated heterocycles. The van der Waals surface area contributed by atoms with Gasteiger partial charge in [0.25, 0.3) is 0 Å². The fourth-order valence-electron chi connectivity index (χ4n) is 6.96. The predicted octanol–water partition coefficient (Wildman–Crippen LogP) is 7.28. The SMILES string of the molecule is CCCCCCCCCC/C=C/[C@@H](O)[C@H](COP(=O)(O)OC1C(O)C(O)C(O)[C@@H](O)C1O)NC(=O)CCCCCCCCCCCCCCCCCCC. The maximum atomic E-state index is 12.9. The zero-order valence-electron chi connectivity index (χ0n) is 33.8. The first-order valence-electron chi connectivity index (χ1n) is 21.6. The fourth-order valence-corrected chi connectivity index (χ4v) is 7.93. The van der Waals surface area contributed by atoms with Crippen LogP contribution in [0, 0.1) is 0 Å². The number of hydrogen-bond acceptors (Lipinski definition) is 10. The average Bonchev–Trinajstić information content (AvgIpc) is 3.15. The van der Waals surface area contributed by atoms with E-state index in [0.717, 1.165) is 44.9 Å². The lowest BCUT2D eigenvalue weighted by Gasteiger charge is -2.41. The summed E-state index contributed by atoms with van der Waals surface area (Å²) in [5, 5.41) is 63.7. The Balaban J connectivity index is 2.49. The minimum atomic E-state index is -5.07. The second-order valence-corrected chi connectivity index (χ2v) is 17.0. The van der Waals surface area contributed by atoms with E-state index >= 15 is 0 Å². The number of hydrogen-bond donors (Lipinski definition) is 8. The van der Waals surface area contributed by atoms with Crippen LogP contribution in [0.3, 0.4) is 0 Å². The molecule has 320 valence electrons. The van der Waals surface area contributed by atoms with Crippen molar-refractivity contribution in [1.82, 2.24) is 5.32 Å². The van der Waals surface area contributed by atoms with Gasteiger partial charge < -0.3 is 40.8 Å². The molecule has 1 aliphatic rings. The van der Waals surface area contributed by atoms with Crippen LogP contribution in [0.25, 0.3) is 0 Å². The summed E-state index contributed by atoms with van der Waals surface area (Å²) in [6.07, 6.45) is 21.5. The van der Waals surface area contributed by atoms with E-state index in [2.05, 4.69) is 19.2 Å². The number of phosphoric acid groups is 1. The highest BCUT2D eigenvalue weighted by molar-refractivity contribution is 7.47. The summed E-state index contributed by atoms with van der Waals surface area (Å²) >= 11 is 0. The van der Waals surface area contributed by atoms with Gasteiger partial charge in [-0.1, -0.05) is 174 Å². The first-order chi connectivity index (χ1) is 25.9. The van der Waals surface area contributed by atoms with Gasteiger partial charge in [0.1, 0.15) is 36.6 Å². The van der Waals surface area contributed by atoms with Crippen molar-refractivity contribution in [3.05, 3.63) is 12.2 Å². The van der Waals surface area contributed by atoms with Crippen LogP contribution in [0.1, 0.15) is 187 Å². The molecule has 0 aromatic carbocycles. The van der Waals surface area contributed by atoms with Crippen LogP contribution in [0.5, 0.6) is 0 Å². The molecule has 0 bridgehead atoms. The summed E-state index contributed by atoms with van der Waals surface area (Å²) in [6, 6.07) is -1.11. The Labute approximate surface area is 327 Å². The molecule has 1 saturated carbocycles. The van der Waals surface area contributed by atoms with Gasteiger partial charge in [-0.2, -0.15) is 0 Å². The Morgan fingerprint density at radius 2 is 0.981 bits per heavy atom. The first kappa shape index (κ1) is 51.1. The lowest BCUT2D eigenvalue weighted by Crippen LogP contribution is -2.64. The number of phosphoric ester groups is 1. The van der Waals surface area contributed by atoms with E-state index in [1.54, 1.807) is 0 Å². The van der Waals surface area contributed by atoms with E-state index in [9.17, 15) is 44.9 Å². The van der Waals surface area contributed by atoms with Gasteiger partial charge in [0.05, 0.1) is 18.8 Å². The van der Waals surface area contributed by atoms with E-state index in [0.29, 0.717) is 6.42 Å². The molecule has 1 aliphatic carbocycles. The van der Waals surface area contributed by atoms with E-state index in [1.165, 1.54) is 122 Å². The molecule has 9 atom stereocenters. The molecule has 54 heavy (non-hydrogen) atoms. The van der Waals surface area contributed by atoms with Crippen LogP contribution in [0.4, 0.5) is 0 Å². The van der Waals surface area contributed by atoms with E-state index < -0.39 is 63.2 Å². The molecule has 0 spiro atoms. The molecular weight excluding hydrogens is 713 g/mol. The molecular formula is C41H80NO11P. The second kappa shape index (κ2) is 32.1. The second-order valence-electron chi connectivity index (χ2n) is 15.6. The first-order valence-corrected chi connectivity index (χ1v) is 23.1. The summed E-state index contributed by atoms with van der Waals surface area (Å²) < 4.78 is 22.8. The Kier molecular flexibility index (Phi) is 30.4. The molecule has 8 N–H and O–H groups in total. The summed E-state index contributed by atoms with van der Waals surface area (Å²) in [6.45, 7) is 3.80. The third kappa shape index (κ3) is 24.0. The normalized spacial score (nSPS) is 24.1. The highest BCUT2D eigenvalue weighted by atomic mass is 31.2. The van der Waals surface area contributed by atoms with Gasteiger partial charge in [-0.05, 0) is 19.3 Å². The number of allylic oxidation sites excluding steroid dienone is 1. The Hall–Kier alpha value is -0.920. The molecule has 0 aliphatic heterocycles. The average molecular weight is 794 g/mol. The van der Waals surface area contributed by atoms with Crippen LogP contribution in [-0.2, 0) is 18.4 Å². The maximum Gasteiger partial charge on any atom is 0.472 e. The number of unbranched alkanes of at least 4 members (excludes halogenated alkanes) is 24. The summed E-state index contributed by atoms with van der Waals surface area (Å²) in [5.74, 6) is -0.341. The van der Waals surface area contributed by atoms with Crippen molar-refractivity contribution in [1.29, 1.82) is 0 Å². The van der Waals surface area contributed by atoms with Crippen LogP contribution in [-0.4, -0.2) is 96.8 Å². The van der Waals surface area contributed by atoms with Gasteiger partial charge in [-0.25, -0.2) is 4.57 Å². The van der Waals surface area contributed by atoms with Gasteiger partial charge in [0, 0.05) is 6.42 Å². The van der Waals surface area contributed by atoms with Crippen LogP contribution in [0.2, 0.25) is 0 Å². The third-order valence-corrected chi connectivity index (χ3v) is 11.6. The number of aliphatic hydroxyl groups excluding tert-OH is 6. The number of rotatable bonds is 35. The summed E-state index contributed by atoms with van der Waals surface area (Å²) in [7, 11) is -5.07. The largest absolute Gasteiger partial charge is 0.472 e. The van der Waals surface area contributed by atoms with Crippen LogP contribution >= 0.6 is 7.82 Å². The number of carbonyl (C=O) groups is 1. The highest BCUT2D eigenvalue weighted by Gasteiger charge is 2.51. The number of carbonyl (C=O) groups excluding carboxylic acids is 1. The number of nitrogens with one attached hydrogen (secondary N) is 1. The van der Waals surface area contributed by atoms with Gasteiger partial charge in [0.15, 0.2) is 0 Å². The smallest absolute Gasteiger partial charge is 0.387 e. The fraction of sp³-hybridized carbons (Fsp3) is 0.927. The minimum absolute atomic E-state index is 0.218. The monoisotopic (exact) mass is 794 g/mol. The number of amides is 1. The highest BCUT2D eigenvalue weighted by Crippen LogP contribution is 2.47. The molecule has 0 aromatic rings. The van der Waals surface area contributed by atoms with Crippen LogP contribution < -0.4 is 5.32 Å².